The highest BCUT2D eigenvalue weighted by atomic mass is 16.4. The van der Waals surface area contributed by atoms with Gasteiger partial charge in [0.25, 0.3) is 0 Å². The molecular formula is C14H18N4O2. The first-order chi connectivity index (χ1) is 9.59. The SMILES string of the molecule is CC1(C(=O)O)CCCCN1Cc1cn2cccnc2n1. The fourth-order valence-electron chi connectivity index (χ4n) is 2.82. The van der Waals surface area contributed by atoms with E-state index < -0.39 is 11.5 Å². The Kier molecular flexibility index (Phi) is 3.17. The molecule has 1 saturated heterocycles. The van der Waals surface area contributed by atoms with Gasteiger partial charge in [0.05, 0.1) is 5.69 Å². The van der Waals surface area contributed by atoms with Crippen molar-refractivity contribution in [2.75, 3.05) is 6.54 Å². The van der Waals surface area contributed by atoms with Crippen LogP contribution in [0.3, 0.4) is 0 Å². The zero-order valence-electron chi connectivity index (χ0n) is 11.5. The summed E-state index contributed by atoms with van der Waals surface area (Å²) in [4.78, 5) is 22.2. The lowest BCUT2D eigenvalue weighted by atomic mass is 9.88. The van der Waals surface area contributed by atoms with Crippen molar-refractivity contribution in [2.45, 2.75) is 38.3 Å². The number of piperidine rings is 1. The Balaban J connectivity index is 1.86. The molecular weight excluding hydrogens is 256 g/mol. The van der Waals surface area contributed by atoms with Crippen LogP contribution in [0.1, 0.15) is 31.9 Å². The maximum absolute atomic E-state index is 11.6. The van der Waals surface area contributed by atoms with Crippen molar-refractivity contribution >= 4 is 11.7 Å². The zero-order chi connectivity index (χ0) is 14.2. The van der Waals surface area contributed by atoms with Gasteiger partial charge in [-0.2, -0.15) is 0 Å². The predicted molar refractivity (Wildman–Crippen MR) is 73.3 cm³/mol. The minimum Gasteiger partial charge on any atom is -0.480 e. The summed E-state index contributed by atoms with van der Waals surface area (Å²) in [6.07, 6.45) is 8.20. The van der Waals surface area contributed by atoms with Crippen LogP contribution in [0.25, 0.3) is 5.78 Å². The van der Waals surface area contributed by atoms with Crippen LogP contribution in [0.4, 0.5) is 0 Å². The molecule has 6 nitrogen and oxygen atoms in total. The number of aliphatic carboxylic acids is 1. The Labute approximate surface area is 117 Å². The quantitative estimate of drug-likeness (QED) is 0.919. The van der Waals surface area contributed by atoms with Gasteiger partial charge >= 0.3 is 5.97 Å². The standard InChI is InChI=1S/C14H18N4O2/c1-14(12(19)20)5-2-3-8-18(14)10-11-9-17-7-4-6-15-13(17)16-11/h4,6-7,9H,2-3,5,8,10H2,1H3,(H,19,20). The van der Waals surface area contributed by atoms with Crippen LogP contribution in [0.2, 0.25) is 0 Å². The number of hydrogen-bond donors (Lipinski definition) is 1. The molecule has 0 saturated carbocycles. The maximum Gasteiger partial charge on any atom is 0.323 e. The maximum atomic E-state index is 11.6. The number of nitrogens with zero attached hydrogens (tertiary/aromatic N) is 4. The predicted octanol–water partition coefficient (Wildman–Crippen LogP) is 1.56. The van der Waals surface area contributed by atoms with Gasteiger partial charge < -0.3 is 5.11 Å². The lowest BCUT2D eigenvalue weighted by Gasteiger charge is -2.41. The number of likely N-dealkylation sites (tertiary alicyclic amines) is 1. The van der Waals surface area contributed by atoms with Crippen LogP contribution in [0.15, 0.2) is 24.7 Å². The molecule has 20 heavy (non-hydrogen) atoms. The van der Waals surface area contributed by atoms with Crippen molar-refractivity contribution in [3.63, 3.8) is 0 Å². The number of hydrogen-bond acceptors (Lipinski definition) is 4. The fraction of sp³-hybridized carbons (Fsp3) is 0.500. The topological polar surface area (TPSA) is 70.7 Å². The summed E-state index contributed by atoms with van der Waals surface area (Å²) < 4.78 is 1.86. The second-order valence-electron chi connectivity index (χ2n) is 5.52. The van der Waals surface area contributed by atoms with Crippen molar-refractivity contribution < 1.29 is 9.90 Å². The van der Waals surface area contributed by atoms with E-state index in [-0.39, 0.29) is 0 Å². The highest BCUT2D eigenvalue weighted by molar-refractivity contribution is 5.78. The number of imidazole rings is 1. The third-order valence-electron chi connectivity index (χ3n) is 4.14. The van der Waals surface area contributed by atoms with Crippen LogP contribution >= 0.6 is 0 Å². The smallest absolute Gasteiger partial charge is 0.323 e. The Morgan fingerprint density at radius 1 is 1.50 bits per heavy atom. The fourth-order valence-corrected chi connectivity index (χ4v) is 2.82. The van der Waals surface area contributed by atoms with E-state index in [1.807, 2.05) is 34.7 Å². The van der Waals surface area contributed by atoms with Crippen LogP contribution in [0, 0.1) is 0 Å². The summed E-state index contributed by atoms with van der Waals surface area (Å²) >= 11 is 0. The molecule has 1 fully saturated rings. The molecule has 0 aromatic carbocycles. The summed E-state index contributed by atoms with van der Waals surface area (Å²) in [7, 11) is 0. The first-order valence-electron chi connectivity index (χ1n) is 6.87. The van der Waals surface area contributed by atoms with E-state index in [1.54, 1.807) is 6.20 Å². The molecule has 2 aromatic rings. The molecule has 106 valence electrons. The van der Waals surface area contributed by atoms with E-state index in [9.17, 15) is 9.90 Å². The first kappa shape index (κ1) is 13.1. The molecule has 1 unspecified atom stereocenters. The lowest BCUT2D eigenvalue weighted by molar-refractivity contribution is -0.153. The molecule has 1 aliphatic rings. The van der Waals surface area contributed by atoms with E-state index >= 15 is 0 Å². The summed E-state index contributed by atoms with van der Waals surface area (Å²) in [5, 5.41) is 9.51. The van der Waals surface area contributed by atoms with Gasteiger partial charge in [-0.1, -0.05) is 0 Å². The van der Waals surface area contributed by atoms with Crippen LogP contribution in [0.5, 0.6) is 0 Å². The van der Waals surface area contributed by atoms with E-state index in [2.05, 4.69) is 9.97 Å². The summed E-state index contributed by atoms with van der Waals surface area (Å²) in [5.74, 6) is -0.101. The second-order valence-corrected chi connectivity index (χ2v) is 5.52. The molecule has 6 heteroatoms. The molecule has 1 aliphatic heterocycles. The summed E-state index contributed by atoms with van der Waals surface area (Å²) in [6, 6.07) is 1.85. The molecule has 0 spiro atoms. The van der Waals surface area contributed by atoms with Gasteiger partial charge in [-0.25, -0.2) is 9.97 Å². The van der Waals surface area contributed by atoms with Gasteiger partial charge in [0, 0.05) is 25.1 Å². The van der Waals surface area contributed by atoms with Gasteiger partial charge in [-0.15, -0.1) is 0 Å². The number of rotatable bonds is 3. The van der Waals surface area contributed by atoms with E-state index in [0.717, 1.165) is 25.1 Å². The Morgan fingerprint density at radius 2 is 2.35 bits per heavy atom. The molecule has 1 N–H and O–H groups in total. The molecule has 2 aromatic heterocycles. The first-order valence-corrected chi connectivity index (χ1v) is 6.87. The zero-order valence-corrected chi connectivity index (χ0v) is 11.5. The number of carboxylic acids is 1. The highest BCUT2D eigenvalue weighted by Crippen LogP contribution is 2.29. The van der Waals surface area contributed by atoms with Crippen molar-refractivity contribution in [1.29, 1.82) is 0 Å². The molecule has 0 radical (unpaired) electrons. The van der Waals surface area contributed by atoms with Crippen LogP contribution in [-0.4, -0.2) is 42.4 Å². The van der Waals surface area contributed by atoms with E-state index in [0.29, 0.717) is 18.7 Å². The van der Waals surface area contributed by atoms with E-state index in [1.165, 1.54) is 0 Å². The lowest BCUT2D eigenvalue weighted by Crippen LogP contribution is -2.54. The largest absolute Gasteiger partial charge is 0.480 e. The minimum atomic E-state index is -0.790. The molecule has 1 atom stereocenters. The summed E-state index contributed by atoms with van der Waals surface area (Å²) in [5.41, 5.74) is 0.0691. The van der Waals surface area contributed by atoms with Gasteiger partial charge in [0.2, 0.25) is 5.78 Å². The summed E-state index contributed by atoms with van der Waals surface area (Å²) in [6.45, 7) is 3.15. The Morgan fingerprint density at radius 3 is 3.10 bits per heavy atom. The number of fused-ring (bicyclic) bond motifs is 1. The van der Waals surface area contributed by atoms with Crippen molar-refractivity contribution in [1.82, 2.24) is 19.3 Å². The van der Waals surface area contributed by atoms with Gasteiger partial charge in [0.1, 0.15) is 5.54 Å². The number of carbonyl (C=O) groups is 1. The average molecular weight is 274 g/mol. The number of carboxylic acid groups (broad SMARTS) is 1. The molecule has 3 heterocycles. The van der Waals surface area contributed by atoms with Crippen molar-refractivity contribution in [3.05, 3.63) is 30.4 Å². The second kappa shape index (κ2) is 4.86. The van der Waals surface area contributed by atoms with Gasteiger partial charge in [-0.3, -0.25) is 14.1 Å². The molecule has 0 bridgehead atoms. The van der Waals surface area contributed by atoms with Crippen molar-refractivity contribution in [2.24, 2.45) is 0 Å². The van der Waals surface area contributed by atoms with E-state index in [4.69, 9.17) is 0 Å². The van der Waals surface area contributed by atoms with Crippen LogP contribution < -0.4 is 0 Å². The van der Waals surface area contributed by atoms with Gasteiger partial charge in [0.15, 0.2) is 0 Å². The third-order valence-corrected chi connectivity index (χ3v) is 4.14. The minimum absolute atomic E-state index is 0.548. The highest BCUT2D eigenvalue weighted by Gasteiger charge is 2.41. The molecule has 3 rings (SSSR count). The average Bonchev–Trinajstić information content (AvgIpc) is 2.83. The third kappa shape index (κ3) is 2.16. The molecule has 0 amide bonds. The normalized spacial score (nSPS) is 24.1. The van der Waals surface area contributed by atoms with Crippen LogP contribution in [-0.2, 0) is 11.3 Å². The Hall–Kier alpha value is -1.95. The number of aromatic nitrogens is 3. The van der Waals surface area contributed by atoms with Gasteiger partial charge in [-0.05, 0) is 38.8 Å². The van der Waals surface area contributed by atoms with Crippen molar-refractivity contribution in [3.8, 4) is 0 Å². The Bertz CT molecular complexity index is 606. The molecule has 0 aliphatic carbocycles. The monoisotopic (exact) mass is 274 g/mol.